The quantitative estimate of drug-likeness (QED) is 0.0109. The predicted octanol–water partition coefficient (Wildman–Crippen LogP) is 6.21. The molecule has 0 fully saturated rings. The van der Waals surface area contributed by atoms with E-state index in [9.17, 15) is 32.8 Å². The number of hydrogen-bond donors (Lipinski definition) is 4. The van der Waals surface area contributed by atoms with E-state index in [1.54, 1.807) is 38.5 Å². The predicted molar refractivity (Wildman–Crippen MR) is 393 cm³/mol. The number of aliphatic hydroxyl groups is 1. The Morgan fingerprint density at radius 3 is 1.30 bits per heavy atom. The summed E-state index contributed by atoms with van der Waals surface area (Å²) in [6.45, 7) is 21.0. The number of aliphatic carboxylic acids is 1. The first kappa shape index (κ1) is 94.9. The minimum absolute atomic E-state index is 0.000349. The number of carbonyl (C=O) groups excluding carboxylic acids is 1. The molecule has 3 aliphatic rings. The van der Waals surface area contributed by atoms with E-state index < -0.39 is 32.7 Å². The van der Waals surface area contributed by atoms with Gasteiger partial charge in [0, 0.05) is 73.0 Å². The van der Waals surface area contributed by atoms with Crippen molar-refractivity contribution in [3.8, 4) is 0 Å². The number of carbonyl (C=O) groups is 2. The zero-order valence-electron chi connectivity index (χ0n) is 63.9. The number of rotatable bonds is 74. The Morgan fingerprint density at radius 1 is 0.505 bits per heavy atom. The van der Waals surface area contributed by atoms with E-state index in [0.717, 1.165) is 23.3 Å². The molecule has 0 spiro atoms. The van der Waals surface area contributed by atoms with Gasteiger partial charge < -0.3 is 100 Å². The van der Waals surface area contributed by atoms with Gasteiger partial charge in [0.2, 0.25) is 11.5 Å². The molecule has 4 N–H and O–H groups in total. The van der Waals surface area contributed by atoms with Crippen LogP contribution in [0.4, 0.5) is 11.4 Å². The topological polar surface area (TPSA) is 377 Å². The third-order valence-electron chi connectivity index (χ3n) is 16.8. The van der Waals surface area contributed by atoms with Crippen LogP contribution in [0.5, 0.6) is 0 Å². The Balaban J connectivity index is 1.06. The largest absolute Gasteiger partial charge is 0.506 e. The van der Waals surface area contributed by atoms with Crippen molar-refractivity contribution in [2.24, 2.45) is 0 Å². The summed E-state index contributed by atoms with van der Waals surface area (Å²) >= 11 is 0.771. The molecule has 34 nitrogen and oxygen atoms in total. The van der Waals surface area contributed by atoms with Crippen LogP contribution in [0.25, 0.3) is 0 Å². The first-order valence-electron chi connectivity index (χ1n) is 36.8. The average Bonchev–Trinajstić information content (AvgIpc) is 1.59. The number of ether oxygens (including phenoxy) is 18. The van der Waals surface area contributed by atoms with Crippen molar-refractivity contribution in [1.29, 1.82) is 0 Å². The molecule has 0 radical (unpaired) electrons. The second kappa shape index (κ2) is 58.2. The van der Waals surface area contributed by atoms with Gasteiger partial charge in [0.15, 0.2) is 5.71 Å². The molecule has 622 valence electrons. The maximum Gasteiger partial charge on any atom is 0.303 e. The van der Waals surface area contributed by atoms with Gasteiger partial charge in [0.05, 0.1) is 265 Å². The van der Waals surface area contributed by atoms with E-state index in [2.05, 4.69) is 5.04 Å². The number of carboxylic acid groups (broad SMARTS) is 1. The molecule has 0 saturated carbocycles. The van der Waals surface area contributed by atoms with E-state index in [1.807, 2.05) is 42.4 Å². The number of hydrogen-bond acceptors (Lipinski definition) is 32. The number of Topliss-reactive ketones (excluding diaryl/α,β-unsaturated/α-hetero) is 1. The number of aliphatic hydroxyl groups excluding tert-OH is 1. The highest BCUT2D eigenvalue weighted by Gasteiger charge is 2.50. The molecule has 0 bridgehead atoms. The number of carboxylic acids is 1. The zero-order chi connectivity index (χ0) is 78.3. The van der Waals surface area contributed by atoms with Crippen molar-refractivity contribution < 1.29 is 157 Å². The number of unbranched alkanes of at least 4 members (excludes halogenated alkanes) is 2. The summed E-state index contributed by atoms with van der Waals surface area (Å²) in [4.78, 5) is 50.5. The van der Waals surface area contributed by atoms with Gasteiger partial charge in [-0.1, -0.05) is 18.9 Å². The van der Waals surface area contributed by atoms with Gasteiger partial charge in [-0.15, -0.1) is 4.33 Å². The van der Waals surface area contributed by atoms with Crippen molar-refractivity contribution in [2.45, 2.75) is 73.5 Å². The summed E-state index contributed by atoms with van der Waals surface area (Å²) in [5, 5.41) is 34.4. The molecule has 5 rings (SSSR count). The van der Waals surface area contributed by atoms with Crippen LogP contribution in [-0.4, -0.2) is 329 Å². The molecular weight excluding hydrogens is 1480 g/mol. The van der Waals surface area contributed by atoms with Gasteiger partial charge in [-0.25, -0.2) is 24.8 Å². The third-order valence-corrected chi connectivity index (χ3v) is 18.2. The maximum atomic E-state index is 14.7. The summed E-state index contributed by atoms with van der Waals surface area (Å²) < 4.78 is 140. The molecule has 36 heteroatoms. The molecule has 2 aliphatic heterocycles. The van der Waals surface area contributed by atoms with Crippen LogP contribution in [0.1, 0.15) is 64.0 Å². The fourth-order valence-electron chi connectivity index (χ4n) is 11.2. The lowest BCUT2D eigenvalue weighted by atomic mass is 9.74. The maximum absolute atomic E-state index is 14.7. The van der Waals surface area contributed by atoms with Gasteiger partial charge in [0.1, 0.15) is 32.1 Å². The first-order valence-corrected chi connectivity index (χ1v) is 39.0. The Bertz CT molecular complexity index is 3070. The van der Waals surface area contributed by atoms with Crippen molar-refractivity contribution in [3.05, 3.63) is 82.3 Å². The fourth-order valence-corrected chi connectivity index (χ4v) is 12.1. The molecule has 1 unspecified atom stereocenters. The molecule has 2 heterocycles. The third kappa shape index (κ3) is 37.4. The molecule has 109 heavy (non-hydrogen) atoms. The van der Waals surface area contributed by atoms with Gasteiger partial charge in [-0.05, 0) is 68.2 Å². The summed E-state index contributed by atoms with van der Waals surface area (Å²) in [6.07, 6.45) is 5.09. The van der Waals surface area contributed by atoms with Crippen molar-refractivity contribution in [1.82, 2.24) is 0 Å². The lowest BCUT2D eigenvalue weighted by Crippen LogP contribution is -2.35. The van der Waals surface area contributed by atoms with Gasteiger partial charge >= 0.3 is 5.97 Å². The van der Waals surface area contributed by atoms with Crippen molar-refractivity contribution >= 4 is 51.0 Å². The first-order chi connectivity index (χ1) is 53.1. The Kier molecular flexibility index (Phi) is 50.7. The molecule has 0 amide bonds. The van der Waals surface area contributed by atoms with Crippen LogP contribution in [0.15, 0.2) is 80.9 Å². The molecule has 1 atom stereocenters. The second-order valence-electron chi connectivity index (χ2n) is 24.9. The number of methoxy groups -OCH3 is 2. The zero-order valence-corrected chi connectivity index (χ0v) is 65.5. The summed E-state index contributed by atoms with van der Waals surface area (Å²) in [5.74, 6) is -1.68. The number of benzene rings is 2. The summed E-state index contributed by atoms with van der Waals surface area (Å²) in [6, 6.07) is 9.72. The van der Waals surface area contributed by atoms with Crippen LogP contribution in [-0.2, 0) is 145 Å². The number of anilines is 1. The molecule has 2 aromatic carbocycles. The highest BCUT2D eigenvalue weighted by atomic mass is 32.2. The fraction of sp³-hybridized carbons (Fsp3) is 0.712. The Hall–Kier alpha value is -4.67. The van der Waals surface area contributed by atoms with E-state index in [-0.39, 0.29) is 80.8 Å². The van der Waals surface area contributed by atoms with Gasteiger partial charge in [-0.3, -0.25) is 14.1 Å². The molecule has 0 aromatic heterocycles. The molecule has 2 aromatic rings. The van der Waals surface area contributed by atoms with Crippen LogP contribution in [0, 0.1) is 0 Å². The second-order valence-corrected chi connectivity index (χ2v) is 27.1. The minimum Gasteiger partial charge on any atom is -0.506 e. The van der Waals surface area contributed by atoms with Crippen LogP contribution in [0.3, 0.4) is 0 Å². The van der Waals surface area contributed by atoms with Crippen molar-refractivity contribution in [2.75, 3.05) is 283 Å². The number of fused-ring (bicyclic) bond motifs is 2. The summed E-state index contributed by atoms with van der Waals surface area (Å²) in [7, 11) is -1.36. The lowest BCUT2D eigenvalue weighted by Gasteiger charge is -2.29. The average molecular weight is 1600 g/mol. The van der Waals surface area contributed by atoms with E-state index in [0.29, 0.717) is 265 Å². The number of ketones is 1. The van der Waals surface area contributed by atoms with Gasteiger partial charge in [-0.2, -0.15) is 13.0 Å². The van der Waals surface area contributed by atoms with Crippen LogP contribution >= 0.6 is 12.0 Å². The minimum atomic E-state index is -4.62. The smallest absolute Gasteiger partial charge is 0.303 e. The molecular formula is C73H117N2O32S2+. The Labute approximate surface area is 644 Å². The van der Waals surface area contributed by atoms with Crippen LogP contribution in [0.2, 0.25) is 0 Å². The van der Waals surface area contributed by atoms with E-state index >= 15 is 0 Å². The normalized spacial score (nSPS) is 16.3. The Morgan fingerprint density at radius 2 is 0.908 bits per heavy atom. The SMILES string of the molecule is COCCOCCOCCOCCOCCOCCOCCOCCOCCOOCCN1C(=CC2=C(O)C(=CC3=[N+](CCCCCC(=O)O)c4ccc(SOOO)cc4C3(C)CCOOCCOCCOCCOCCOCCOCCOCCOCCOCCOC)C2=O)C(C)(C)c2cc(S(=O)(=O)O)ccc21. The number of allylic oxidation sites excluding steroid dienone is 5. The van der Waals surface area contributed by atoms with Crippen LogP contribution < -0.4 is 4.90 Å². The summed E-state index contributed by atoms with van der Waals surface area (Å²) in [5.41, 5.74) is 1.86. The lowest BCUT2D eigenvalue weighted by molar-refractivity contribution is -0.438. The highest BCUT2D eigenvalue weighted by Crippen LogP contribution is 2.50. The molecule has 1 aliphatic carbocycles. The monoisotopic (exact) mass is 1600 g/mol. The van der Waals surface area contributed by atoms with Crippen molar-refractivity contribution in [3.63, 3.8) is 0 Å². The number of nitrogens with zero attached hydrogens (tertiary/aromatic N) is 2. The molecule has 0 saturated heterocycles. The van der Waals surface area contributed by atoms with E-state index in [4.69, 9.17) is 114 Å². The van der Waals surface area contributed by atoms with E-state index in [1.165, 1.54) is 12.1 Å². The standard InChI is InChI=1S/C73H116N2O32S2/c1-72(2)63-56-60(109(81,82)83)11-13-65(63)75(16-18-103-105-54-52-101-50-48-99-46-44-97-42-40-95-38-36-93-34-32-91-30-28-89-26-24-87-22-20-85-5)67(72)57-61-70(78)62(71(61)79)58-68-73(3,64-55-59(108-107-106-80)10-12-66(64)74(68)15-8-6-7-9-69(76)77)14-17-102-104-53-51-100-49-47-98-45-43-96-41-39-94-37-35-92-33-31-90-29-27-88-25-23-86-21-19-84-4/h10-13,55-58H,6-9,14-54H2,1-5H3,(H3-,76,77,78,79,80,81,82,83)/p+1. The van der Waals surface area contributed by atoms with Gasteiger partial charge in [0.25, 0.3) is 10.1 Å². The highest BCUT2D eigenvalue weighted by molar-refractivity contribution is 7.94.